The third kappa shape index (κ3) is 3.42. The number of piperidine rings is 2. The number of halogens is 1. The molecular weight excluding hydrogens is 282 g/mol. The quantitative estimate of drug-likeness (QED) is 0.932. The van der Waals surface area contributed by atoms with Crippen molar-refractivity contribution < 1.29 is 0 Å². The van der Waals surface area contributed by atoms with Gasteiger partial charge in [0.1, 0.15) is 0 Å². The zero-order valence-corrected chi connectivity index (χ0v) is 13.6. The van der Waals surface area contributed by atoms with Crippen LogP contribution in [-0.2, 0) is 13.1 Å². The first-order chi connectivity index (χ1) is 10.2. The van der Waals surface area contributed by atoms with Crippen LogP contribution in [0, 0.1) is 5.92 Å². The van der Waals surface area contributed by atoms with Crippen LogP contribution in [0.2, 0.25) is 5.02 Å². The summed E-state index contributed by atoms with van der Waals surface area (Å²) in [7, 11) is 2.29. The van der Waals surface area contributed by atoms with Gasteiger partial charge in [-0.3, -0.25) is 4.90 Å². The first-order valence-electron chi connectivity index (χ1n) is 8.07. The minimum Gasteiger partial charge on any atom is -0.326 e. The lowest BCUT2D eigenvalue weighted by Crippen LogP contribution is -2.52. The molecular formula is C17H26ClN3. The summed E-state index contributed by atoms with van der Waals surface area (Å²) in [5, 5.41) is 0.862. The number of hydrogen-bond acceptors (Lipinski definition) is 3. The molecule has 2 saturated heterocycles. The fourth-order valence-electron chi connectivity index (χ4n) is 3.96. The van der Waals surface area contributed by atoms with Crippen LogP contribution in [0.25, 0.3) is 0 Å². The molecule has 0 spiro atoms. The standard InChI is InChI=1S/C17H26ClN3/c1-20-7-2-3-15-12-21(8-6-17(15)20)11-14-5-4-13(10-19)9-16(14)18/h4-5,9,15,17H,2-3,6-8,10-12,19H2,1H3. The van der Waals surface area contributed by atoms with Gasteiger partial charge in [0.05, 0.1) is 0 Å². The maximum absolute atomic E-state index is 6.40. The maximum Gasteiger partial charge on any atom is 0.0454 e. The van der Waals surface area contributed by atoms with E-state index < -0.39 is 0 Å². The molecule has 0 aromatic heterocycles. The van der Waals surface area contributed by atoms with Crippen molar-refractivity contribution in [3.05, 3.63) is 34.3 Å². The predicted octanol–water partition coefficient (Wildman–Crippen LogP) is 2.71. The van der Waals surface area contributed by atoms with Crippen molar-refractivity contribution in [2.24, 2.45) is 11.7 Å². The second-order valence-corrected chi connectivity index (χ2v) is 7.01. The number of nitrogens with zero attached hydrogens (tertiary/aromatic N) is 2. The van der Waals surface area contributed by atoms with Gasteiger partial charge in [0, 0.05) is 30.7 Å². The highest BCUT2D eigenvalue weighted by atomic mass is 35.5. The maximum atomic E-state index is 6.40. The van der Waals surface area contributed by atoms with Crippen LogP contribution in [0.1, 0.15) is 30.4 Å². The van der Waals surface area contributed by atoms with E-state index in [1.807, 2.05) is 6.07 Å². The Hall–Kier alpha value is -0.610. The number of hydrogen-bond donors (Lipinski definition) is 1. The third-order valence-corrected chi connectivity index (χ3v) is 5.53. The lowest BCUT2D eigenvalue weighted by atomic mass is 9.84. The monoisotopic (exact) mass is 307 g/mol. The molecule has 116 valence electrons. The smallest absolute Gasteiger partial charge is 0.0454 e. The molecule has 2 heterocycles. The molecule has 0 bridgehead atoms. The number of likely N-dealkylation sites (tertiary alicyclic amines) is 2. The Labute approximate surface area is 133 Å². The van der Waals surface area contributed by atoms with Gasteiger partial charge in [0.25, 0.3) is 0 Å². The molecule has 2 atom stereocenters. The highest BCUT2D eigenvalue weighted by Gasteiger charge is 2.34. The van der Waals surface area contributed by atoms with Crippen LogP contribution in [0.15, 0.2) is 18.2 Å². The van der Waals surface area contributed by atoms with Crippen molar-refractivity contribution >= 4 is 11.6 Å². The molecule has 4 heteroatoms. The van der Waals surface area contributed by atoms with Crippen LogP contribution < -0.4 is 5.73 Å². The Morgan fingerprint density at radius 3 is 2.90 bits per heavy atom. The lowest BCUT2D eigenvalue weighted by molar-refractivity contribution is 0.0355. The molecule has 2 aliphatic heterocycles. The Balaban J connectivity index is 1.64. The Morgan fingerprint density at radius 1 is 1.29 bits per heavy atom. The van der Waals surface area contributed by atoms with Crippen molar-refractivity contribution in [2.45, 2.75) is 38.4 Å². The van der Waals surface area contributed by atoms with Gasteiger partial charge in [-0.25, -0.2) is 0 Å². The summed E-state index contributed by atoms with van der Waals surface area (Å²) in [4.78, 5) is 5.14. The van der Waals surface area contributed by atoms with Crippen molar-refractivity contribution in [1.82, 2.24) is 9.80 Å². The van der Waals surface area contributed by atoms with E-state index in [1.54, 1.807) is 0 Å². The van der Waals surface area contributed by atoms with Crippen LogP contribution in [0.5, 0.6) is 0 Å². The zero-order valence-electron chi connectivity index (χ0n) is 12.9. The van der Waals surface area contributed by atoms with Gasteiger partial charge in [-0.2, -0.15) is 0 Å². The van der Waals surface area contributed by atoms with Gasteiger partial charge in [-0.05, 0) is 62.5 Å². The van der Waals surface area contributed by atoms with Gasteiger partial charge >= 0.3 is 0 Å². The summed E-state index contributed by atoms with van der Waals surface area (Å²) >= 11 is 6.40. The van der Waals surface area contributed by atoms with Gasteiger partial charge in [-0.1, -0.05) is 23.7 Å². The van der Waals surface area contributed by atoms with Crippen molar-refractivity contribution in [1.29, 1.82) is 0 Å². The second-order valence-electron chi connectivity index (χ2n) is 6.60. The van der Waals surface area contributed by atoms with Crippen LogP contribution in [0.3, 0.4) is 0 Å². The molecule has 0 aliphatic carbocycles. The highest BCUT2D eigenvalue weighted by molar-refractivity contribution is 6.31. The molecule has 0 saturated carbocycles. The molecule has 2 N–H and O–H groups in total. The molecule has 21 heavy (non-hydrogen) atoms. The summed E-state index contributed by atoms with van der Waals surface area (Å²) in [5.74, 6) is 0.833. The third-order valence-electron chi connectivity index (χ3n) is 5.18. The summed E-state index contributed by atoms with van der Waals surface area (Å²) in [5.41, 5.74) is 8.01. The van der Waals surface area contributed by atoms with E-state index in [0.29, 0.717) is 6.54 Å². The number of benzene rings is 1. The Bertz CT molecular complexity index is 491. The summed E-state index contributed by atoms with van der Waals surface area (Å²) in [6.07, 6.45) is 4.02. The number of nitrogens with two attached hydrogens (primary N) is 1. The van der Waals surface area contributed by atoms with Gasteiger partial charge in [-0.15, -0.1) is 0 Å². The van der Waals surface area contributed by atoms with E-state index in [4.69, 9.17) is 17.3 Å². The van der Waals surface area contributed by atoms with E-state index in [0.717, 1.165) is 29.1 Å². The Kier molecular flexibility index (Phi) is 4.85. The molecule has 3 nitrogen and oxygen atoms in total. The lowest BCUT2D eigenvalue weighted by Gasteiger charge is -2.46. The fourth-order valence-corrected chi connectivity index (χ4v) is 4.22. The molecule has 2 unspecified atom stereocenters. The van der Waals surface area contributed by atoms with E-state index in [9.17, 15) is 0 Å². The van der Waals surface area contributed by atoms with Crippen molar-refractivity contribution in [3.63, 3.8) is 0 Å². The van der Waals surface area contributed by atoms with Gasteiger partial charge in [0.2, 0.25) is 0 Å². The highest BCUT2D eigenvalue weighted by Crippen LogP contribution is 2.31. The minimum absolute atomic E-state index is 0.555. The first-order valence-corrected chi connectivity index (χ1v) is 8.45. The average molecular weight is 308 g/mol. The first kappa shape index (κ1) is 15.3. The summed E-state index contributed by atoms with van der Waals surface area (Å²) < 4.78 is 0. The normalized spacial score (nSPS) is 27.6. The van der Waals surface area contributed by atoms with Crippen LogP contribution in [-0.4, -0.2) is 42.5 Å². The summed E-state index contributed by atoms with van der Waals surface area (Å²) in [6.45, 7) is 5.19. The van der Waals surface area contributed by atoms with Gasteiger partial charge < -0.3 is 10.6 Å². The molecule has 2 aliphatic rings. The van der Waals surface area contributed by atoms with E-state index in [2.05, 4.69) is 29.0 Å². The van der Waals surface area contributed by atoms with Crippen molar-refractivity contribution in [2.75, 3.05) is 26.7 Å². The van der Waals surface area contributed by atoms with E-state index >= 15 is 0 Å². The SMILES string of the molecule is CN1CCCC2CN(Cc3ccc(CN)cc3Cl)CCC21. The number of fused-ring (bicyclic) bond motifs is 1. The molecule has 2 fully saturated rings. The fraction of sp³-hybridized carbons (Fsp3) is 0.647. The average Bonchev–Trinajstić information content (AvgIpc) is 2.49. The van der Waals surface area contributed by atoms with E-state index in [1.165, 1.54) is 44.5 Å². The summed E-state index contributed by atoms with van der Waals surface area (Å²) in [6, 6.07) is 7.05. The predicted molar refractivity (Wildman–Crippen MR) is 88.4 cm³/mol. The molecule has 1 aromatic carbocycles. The molecule has 1 aromatic rings. The molecule has 3 rings (SSSR count). The topological polar surface area (TPSA) is 32.5 Å². The largest absolute Gasteiger partial charge is 0.326 e. The van der Waals surface area contributed by atoms with Crippen molar-refractivity contribution in [3.8, 4) is 0 Å². The van der Waals surface area contributed by atoms with Gasteiger partial charge in [0.15, 0.2) is 0 Å². The number of rotatable bonds is 3. The zero-order chi connectivity index (χ0) is 14.8. The molecule has 0 amide bonds. The Morgan fingerprint density at radius 2 is 2.14 bits per heavy atom. The second kappa shape index (κ2) is 6.66. The van der Waals surface area contributed by atoms with Crippen LogP contribution >= 0.6 is 11.6 Å². The van der Waals surface area contributed by atoms with Crippen LogP contribution in [0.4, 0.5) is 0 Å². The minimum atomic E-state index is 0.555. The van der Waals surface area contributed by atoms with E-state index in [-0.39, 0.29) is 0 Å². The molecule has 0 radical (unpaired) electrons.